The minimum absolute atomic E-state index is 0.0457. The summed E-state index contributed by atoms with van der Waals surface area (Å²) in [5, 5.41) is 10.3. The number of rotatable bonds is 3. The van der Waals surface area contributed by atoms with Crippen molar-refractivity contribution in [1.82, 2.24) is 15.1 Å². The van der Waals surface area contributed by atoms with E-state index < -0.39 is 0 Å². The summed E-state index contributed by atoms with van der Waals surface area (Å²) in [6.45, 7) is 0.927. The average molecular weight is 256 g/mol. The van der Waals surface area contributed by atoms with Gasteiger partial charge < -0.3 is 10.6 Å². The van der Waals surface area contributed by atoms with Crippen LogP contribution in [0.25, 0.3) is 5.69 Å². The van der Waals surface area contributed by atoms with Gasteiger partial charge in [-0.15, -0.1) is 0 Å². The lowest BCUT2D eigenvalue weighted by Gasteiger charge is -2.11. The normalized spacial score (nSPS) is 18.4. The Kier molecular flexibility index (Phi) is 3.29. The van der Waals surface area contributed by atoms with Crippen LogP contribution in [-0.4, -0.2) is 28.3 Å². The van der Waals surface area contributed by atoms with Crippen molar-refractivity contribution in [3.05, 3.63) is 42.7 Å². The molecule has 2 aromatic rings. The van der Waals surface area contributed by atoms with Gasteiger partial charge in [0.05, 0.1) is 11.7 Å². The number of nitrogens with zero attached hydrogens (tertiary/aromatic N) is 2. The van der Waals surface area contributed by atoms with E-state index in [9.17, 15) is 4.79 Å². The summed E-state index contributed by atoms with van der Waals surface area (Å²) >= 11 is 0. The molecule has 1 aliphatic heterocycles. The van der Waals surface area contributed by atoms with Crippen LogP contribution in [0.15, 0.2) is 42.7 Å². The highest BCUT2D eigenvalue weighted by Gasteiger charge is 2.21. The predicted octanol–water partition coefficient (Wildman–Crippen LogP) is 1.56. The Morgan fingerprint density at radius 1 is 1.37 bits per heavy atom. The molecule has 19 heavy (non-hydrogen) atoms. The van der Waals surface area contributed by atoms with Crippen molar-refractivity contribution in [2.75, 3.05) is 11.9 Å². The molecule has 5 heteroatoms. The van der Waals surface area contributed by atoms with Crippen molar-refractivity contribution in [3.8, 4) is 5.69 Å². The summed E-state index contributed by atoms with van der Waals surface area (Å²) in [7, 11) is 0. The Bertz CT molecular complexity index is 541. The summed E-state index contributed by atoms with van der Waals surface area (Å²) in [6, 6.07) is 9.48. The Morgan fingerprint density at radius 2 is 2.21 bits per heavy atom. The maximum Gasteiger partial charge on any atom is 0.241 e. The number of hydrogen-bond donors (Lipinski definition) is 2. The molecule has 0 bridgehead atoms. The molecule has 2 N–H and O–H groups in total. The van der Waals surface area contributed by atoms with E-state index in [0.29, 0.717) is 0 Å². The van der Waals surface area contributed by atoms with Crippen LogP contribution in [0.4, 0.5) is 5.69 Å². The van der Waals surface area contributed by atoms with Crippen molar-refractivity contribution in [2.24, 2.45) is 0 Å². The standard InChI is InChI=1S/C14H16N4O/c19-14(13-3-1-8-15-13)17-11-4-6-12(7-5-11)18-10-2-9-16-18/h2,4-7,9-10,13,15H,1,3,8H2,(H,17,19). The third-order valence-electron chi connectivity index (χ3n) is 3.28. The van der Waals surface area contributed by atoms with Gasteiger partial charge in [-0.2, -0.15) is 5.10 Å². The second kappa shape index (κ2) is 5.24. The van der Waals surface area contributed by atoms with E-state index >= 15 is 0 Å². The van der Waals surface area contributed by atoms with Gasteiger partial charge in [0.2, 0.25) is 5.91 Å². The maximum atomic E-state index is 11.9. The molecule has 5 nitrogen and oxygen atoms in total. The van der Waals surface area contributed by atoms with Crippen molar-refractivity contribution in [3.63, 3.8) is 0 Å². The van der Waals surface area contributed by atoms with Crippen molar-refractivity contribution in [1.29, 1.82) is 0 Å². The zero-order valence-corrected chi connectivity index (χ0v) is 10.5. The van der Waals surface area contributed by atoms with Crippen LogP contribution >= 0.6 is 0 Å². The quantitative estimate of drug-likeness (QED) is 0.876. The number of carbonyl (C=O) groups excluding carboxylic acids is 1. The lowest BCUT2D eigenvalue weighted by Crippen LogP contribution is -2.35. The zero-order chi connectivity index (χ0) is 13.1. The molecule has 1 aromatic heterocycles. The first-order chi connectivity index (χ1) is 9.33. The van der Waals surface area contributed by atoms with E-state index in [-0.39, 0.29) is 11.9 Å². The molecule has 1 aliphatic rings. The predicted molar refractivity (Wildman–Crippen MR) is 73.2 cm³/mol. The molecule has 3 rings (SSSR count). The van der Waals surface area contributed by atoms with Gasteiger partial charge >= 0.3 is 0 Å². The summed E-state index contributed by atoms with van der Waals surface area (Å²) in [5.41, 5.74) is 1.79. The SMILES string of the molecule is O=C(Nc1ccc(-n2cccn2)cc1)C1CCCN1. The summed E-state index contributed by atoms with van der Waals surface area (Å²) in [5.74, 6) is 0.0457. The first-order valence-corrected chi connectivity index (χ1v) is 6.47. The highest BCUT2D eigenvalue weighted by molar-refractivity contribution is 5.95. The molecule has 1 unspecified atom stereocenters. The molecule has 0 radical (unpaired) electrons. The molecule has 0 aliphatic carbocycles. The van der Waals surface area contributed by atoms with Gasteiger partial charge in [0.15, 0.2) is 0 Å². The minimum atomic E-state index is -0.0502. The van der Waals surface area contributed by atoms with Gasteiger partial charge in [-0.25, -0.2) is 4.68 Å². The largest absolute Gasteiger partial charge is 0.325 e. The lowest BCUT2D eigenvalue weighted by molar-refractivity contribution is -0.117. The molecular formula is C14H16N4O. The van der Waals surface area contributed by atoms with Crippen LogP contribution in [0.2, 0.25) is 0 Å². The summed E-state index contributed by atoms with van der Waals surface area (Å²) in [6.07, 6.45) is 5.60. The second-order valence-electron chi connectivity index (χ2n) is 4.64. The first kappa shape index (κ1) is 11.9. The monoisotopic (exact) mass is 256 g/mol. The van der Waals surface area contributed by atoms with Crippen LogP contribution in [0.5, 0.6) is 0 Å². The molecule has 98 valence electrons. The molecule has 1 aromatic carbocycles. The van der Waals surface area contributed by atoms with E-state index in [0.717, 1.165) is 30.8 Å². The second-order valence-corrected chi connectivity index (χ2v) is 4.64. The molecule has 1 atom stereocenters. The van der Waals surface area contributed by atoms with E-state index in [1.54, 1.807) is 10.9 Å². The third-order valence-corrected chi connectivity index (χ3v) is 3.28. The topological polar surface area (TPSA) is 59.0 Å². The summed E-state index contributed by atoms with van der Waals surface area (Å²) in [4.78, 5) is 11.9. The molecule has 2 heterocycles. The van der Waals surface area contributed by atoms with Crippen molar-refractivity contribution >= 4 is 11.6 Å². The fraction of sp³-hybridized carbons (Fsp3) is 0.286. The Hall–Kier alpha value is -2.14. The number of hydrogen-bond acceptors (Lipinski definition) is 3. The number of carbonyl (C=O) groups is 1. The number of amides is 1. The van der Waals surface area contributed by atoms with Crippen molar-refractivity contribution < 1.29 is 4.79 Å². The number of nitrogens with one attached hydrogen (secondary N) is 2. The highest BCUT2D eigenvalue weighted by Crippen LogP contribution is 2.14. The fourth-order valence-electron chi connectivity index (χ4n) is 2.26. The van der Waals surface area contributed by atoms with Gasteiger partial charge in [0, 0.05) is 18.1 Å². The van der Waals surface area contributed by atoms with Gasteiger partial charge in [0.1, 0.15) is 0 Å². The van der Waals surface area contributed by atoms with E-state index in [4.69, 9.17) is 0 Å². The Labute approximate surface area is 111 Å². The smallest absolute Gasteiger partial charge is 0.241 e. The summed E-state index contributed by atoms with van der Waals surface area (Å²) < 4.78 is 1.78. The molecule has 1 fully saturated rings. The van der Waals surface area contributed by atoms with E-state index in [2.05, 4.69) is 15.7 Å². The maximum absolute atomic E-state index is 11.9. The molecule has 0 spiro atoms. The van der Waals surface area contributed by atoms with Crippen LogP contribution in [0, 0.1) is 0 Å². The average Bonchev–Trinajstić information content (AvgIpc) is 3.13. The zero-order valence-electron chi connectivity index (χ0n) is 10.5. The minimum Gasteiger partial charge on any atom is -0.325 e. The van der Waals surface area contributed by atoms with Gasteiger partial charge in [-0.3, -0.25) is 4.79 Å². The van der Waals surface area contributed by atoms with Crippen LogP contribution in [0.3, 0.4) is 0 Å². The van der Waals surface area contributed by atoms with Gasteiger partial charge in [0.25, 0.3) is 0 Å². The Morgan fingerprint density at radius 3 is 2.84 bits per heavy atom. The molecule has 1 saturated heterocycles. The van der Waals surface area contributed by atoms with Crippen LogP contribution in [0.1, 0.15) is 12.8 Å². The van der Waals surface area contributed by atoms with Gasteiger partial charge in [-0.1, -0.05) is 0 Å². The number of benzene rings is 1. The molecule has 1 amide bonds. The first-order valence-electron chi connectivity index (χ1n) is 6.47. The molecule has 0 saturated carbocycles. The van der Waals surface area contributed by atoms with Crippen LogP contribution in [-0.2, 0) is 4.79 Å². The third kappa shape index (κ3) is 2.66. The molecular weight excluding hydrogens is 240 g/mol. The fourth-order valence-corrected chi connectivity index (χ4v) is 2.26. The van der Waals surface area contributed by atoms with E-state index in [1.807, 2.05) is 36.5 Å². The lowest BCUT2D eigenvalue weighted by atomic mass is 10.2. The van der Waals surface area contributed by atoms with E-state index in [1.165, 1.54) is 0 Å². The Balaban J connectivity index is 1.67. The van der Waals surface area contributed by atoms with Crippen LogP contribution < -0.4 is 10.6 Å². The number of anilines is 1. The van der Waals surface area contributed by atoms with Crippen molar-refractivity contribution in [2.45, 2.75) is 18.9 Å². The highest BCUT2D eigenvalue weighted by atomic mass is 16.2. The number of aromatic nitrogens is 2. The van der Waals surface area contributed by atoms with Gasteiger partial charge in [-0.05, 0) is 49.7 Å².